The van der Waals surface area contributed by atoms with Gasteiger partial charge in [-0.15, -0.1) is 11.3 Å². The highest BCUT2D eigenvalue weighted by Gasteiger charge is 2.11. The molecule has 4 aromatic heterocycles. The van der Waals surface area contributed by atoms with Crippen molar-refractivity contribution in [1.29, 1.82) is 0 Å². The number of rotatable bonds is 4. The van der Waals surface area contributed by atoms with Crippen molar-refractivity contribution < 1.29 is 4.79 Å². The van der Waals surface area contributed by atoms with Gasteiger partial charge in [0.2, 0.25) is 0 Å². The Labute approximate surface area is 153 Å². The van der Waals surface area contributed by atoms with Gasteiger partial charge in [-0.3, -0.25) is 14.2 Å². The molecule has 1 N–H and O–H groups in total. The lowest BCUT2D eigenvalue weighted by Crippen LogP contribution is -2.23. The summed E-state index contributed by atoms with van der Waals surface area (Å²) in [5.74, 6) is 0.333. The van der Waals surface area contributed by atoms with E-state index < -0.39 is 0 Å². The summed E-state index contributed by atoms with van der Waals surface area (Å²) in [7, 11) is 0. The van der Waals surface area contributed by atoms with Crippen LogP contribution in [0.4, 0.5) is 0 Å². The number of hydrogen-bond acceptors (Lipinski definition) is 6. The maximum Gasteiger partial charge on any atom is 0.254 e. The van der Waals surface area contributed by atoms with Crippen molar-refractivity contribution in [2.24, 2.45) is 0 Å². The summed E-state index contributed by atoms with van der Waals surface area (Å²) < 4.78 is 2.05. The van der Waals surface area contributed by atoms with Gasteiger partial charge in [-0.25, -0.2) is 15.0 Å². The fourth-order valence-corrected chi connectivity index (χ4v) is 3.53. The molecule has 130 valence electrons. The third-order valence-corrected chi connectivity index (χ3v) is 5.19. The van der Waals surface area contributed by atoms with Crippen LogP contribution in [-0.2, 0) is 6.54 Å². The van der Waals surface area contributed by atoms with Crippen molar-refractivity contribution in [3.8, 4) is 11.4 Å². The van der Waals surface area contributed by atoms with Crippen LogP contribution in [0.2, 0.25) is 0 Å². The van der Waals surface area contributed by atoms with Crippen molar-refractivity contribution in [2.45, 2.75) is 20.4 Å². The molecule has 0 atom stereocenters. The molecule has 0 bridgehead atoms. The van der Waals surface area contributed by atoms with Crippen LogP contribution >= 0.6 is 11.3 Å². The van der Waals surface area contributed by atoms with E-state index in [0.717, 1.165) is 16.2 Å². The number of nitrogens with zero attached hydrogens (tertiary/aromatic N) is 5. The minimum atomic E-state index is -0.226. The van der Waals surface area contributed by atoms with Crippen molar-refractivity contribution in [2.75, 3.05) is 0 Å². The zero-order valence-electron chi connectivity index (χ0n) is 14.3. The van der Waals surface area contributed by atoms with Crippen LogP contribution < -0.4 is 5.32 Å². The summed E-state index contributed by atoms with van der Waals surface area (Å²) in [5.41, 5.74) is 3.27. The third-order valence-electron chi connectivity index (χ3n) is 4.12. The van der Waals surface area contributed by atoms with Crippen LogP contribution in [0.5, 0.6) is 0 Å². The van der Waals surface area contributed by atoms with Gasteiger partial charge >= 0.3 is 0 Å². The smallest absolute Gasteiger partial charge is 0.254 e. The van der Waals surface area contributed by atoms with Gasteiger partial charge in [-0.1, -0.05) is 0 Å². The van der Waals surface area contributed by atoms with Gasteiger partial charge in [-0.05, 0) is 26.0 Å². The molecule has 26 heavy (non-hydrogen) atoms. The Morgan fingerprint density at radius 2 is 1.92 bits per heavy atom. The van der Waals surface area contributed by atoms with Crippen molar-refractivity contribution in [3.63, 3.8) is 0 Å². The Balaban J connectivity index is 1.44. The largest absolute Gasteiger partial charge is 0.346 e. The van der Waals surface area contributed by atoms with Crippen LogP contribution in [-0.4, -0.2) is 30.2 Å². The predicted octanol–water partition coefficient (Wildman–Crippen LogP) is 2.79. The molecule has 8 heteroatoms. The Hall–Kier alpha value is -3.13. The minimum Gasteiger partial charge on any atom is -0.346 e. The number of hydrogen-bond donors (Lipinski definition) is 1. The summed E-state index contributed by atoms with van der Waals surface area (Å²) in [6.07, 6.45) is 8.36. The minimum absolute atomic E-state index is 0.226. The summed E-state index contributed by atoms with van der Waals surface area (Å²) in [4.78, 5) is 31.5. The Morgan fingerprint density at radius 3 is 2.62 bits per heavy atom. The van der Waals surface area contributed by atoms with E-state index in [1.807, 2.05) is 22.7 Å². The van der Waals surface area contributed by atoms with Gasteiger partial charge in [0, 0.05) is 47.1 Å². The first kappa shape index (κ1) is 16.3. The topological polar surface area (TPSA) is 85.1 Å². The van der Waals surface area contributed by atoms with E-state index in [-0.39, 0.29) is 5.91 Å². The molecule has 4 aromatic rings. The molecule has 0 aliphatic heterocycles. The third kappa shape index (κ3) is 3.06. The van der Waals surface area contributed by atoms with Gasteiger partial charge in [0.05, 0.1) is 17.8 Å². The van der Waals surface area contributed by atoms with E-state index in [0.29, 0.717) is 17.9 Å². The Bertz CT molecular complexity index is 1070. The van der Waals surface area contributed by atoms with Crippen LogP contribution in [0.3, 0.4) is 0 Å². The molecular weight excluding hydrogens is 348 g/mol. The average molecular weight is 364 g/mol. The first-order chi connectivity index (χ1) is 12.6. The number of amides is 1. The molecule has 0 unspecified atom stereocenters. The molecule has 0 saturated heterocycles. The number of nitrogens with one attached hydrogen (secondary N) is 1. The molecule has 0 aliphatic carbocycles. The average Bonchev–Trinajstić information content (AvgIpc) is 3.19. The SMILES string of the molecule is Cc1sc2nc(CNC(=O)c3cnc(-c4ccncc4)nc3)cn2c1C. The highest BCUT2D eigenvalue weighted by atomic mass is 32.1. The zero-order valence-corrected chi connectivity index (χ0v) is 15.1. The molecule has 7 nitrogen and oxygen atoms in total. The molecule has 4 rings (SSSR count). The molecule has 4 heterocycles. The normalized spacial score (nSPS) is 11.0. The quantitative estimate of drug-likeness (QED) is 0.602. The Kier molecular flexibility index (Phi) is 4.18. The summed E-state index contributed by atoms with van der Waals surface area (Å²) in [6.45, 7) is 4.49. The lowest BCUT2D eigenvalue weighted by molar-refractivity contribution is 0.0949. The second-order valence-electron chi connectivity index (χ2n) is 5.84. The number of aromatic nitrogens is 5. The molecular formula is C18H16N6OS. The molecule has 0 spiro atoms. The van der Waals surface area contributed by atoms with E-state index in [1.54, 1.807) is 23.7 Å². The first-order valence-corrected chi connectivity index (χ1v) is 8.88. The van der Waals surface area contributed by atoms with E-state index >= 15 is 0 Å². The maximum atomic E-state index is 12.3. The molecule has 0 radical (unpaired) electrons. The monoisotopic (exact) mass is 364 g/mol. The van der Waals surface area contributed by atoms with Crippen LogP contribution in [0, 0.1) is 13.8 Å². The van der Waals surface area contributed by atoms with Crippen molar-refractivity contribution in [3.05, 3.63) is 64.9 Å². The summed E-state index contributed by atoms with van der Waals surface area (Å²) in [5, 5.41) is 2.86. The first-order valence-electron chi connectivity index (χ1n) is 8.06. The maximum absolute atomic E-state index is 12.3. The molecule has 0 aliphatic rings. The zero-order chi connectivity index (χ0) is 18.1. The van der Waals surface area contributed by atoms with Gasteiger partial charge in [0.25, 0.3) is 5.91 Å². The van der Waals surface area contributed by atoms with Gasteiger partial charge < -0.3 is 5.32 Å². The number of carbonyl (C=O) groups excluding carboxylic acids is 1. The van der Waals surface area contributed by atoms with Gasteiger partial charge in [0.15, 0.2) is 10.8 Å². The predicted molar refractivity (Wildman–Crippen MR) is 99.0 cm³/mol. The fraction of sp³-hybridized carbons (Fsp3) is 0.167. The highest BCUT2D eigenvalue weighted by molar-refractivity contribution is 7.17. The lowest BCUT2D eigenvalue weighted by Gasteiger charge is -2.04. The van der Waals surface area contributed by atoms with Crippen LogP contribution in [0.1, 0.15) is 26.6 Å². The van der Waals surface area contributed by atoms with Crippen LogP contribution in [0.15, 0.2) is 43.1 Å². The number of carbonyl (C=O) groups is 1. The summed E-state index contributed by atoms with van der Waals surface area (Å²) in [6, 6.07) is 3.65. The fourth-order valence-electron chi connectivity index (χ4n) is 2.56. The van der Waals surface area contributed by atoms with Gasteiger partial charge in [-0.2, -0.15) is 0 Å². The number of imidazole rings is 1. The van der Waals surface area contributed by atoms with E-state index in [2.05, 4.69) is 39.1 Å². The molecule has 1 amide bonds. The lowest BCUT2D eigenvalue weighted by atomic mass is 10.2. The van der Waals surface area contributed by atoms with E-state index in [9.17, 15) is 4.79 Å². The van der Waals surface area contributed by atoms with Gasteiger partial charge in [0.1, 0.15) is 0 Å². The molecule has 0 saturated carbocycles. The van der Waals surface area contributed by atoms with Crippen LogP contribution in [0.25, 0.3) is 16.3 Å². The standard InChI is InChI=1S/C18H16N6OS/c1-11-12(2)26-18-23-15(10-24(11)18)9-22-17(25)14-7-20-16(21-8-14)13-3-5-19-6-4-13/h3-8,10H,9H2,1-2H3,(H,22,25). The van der Waals surface area contributed by atoms with E-state index in [1.165, 1.54) is 23.0 Å². The second kappa shape index (κ2) is 6.64. The number of aryl methyl sites for hydroxylation is 2. The summed E-state index contributed by atoms with van der Waals surface area (Å²) >= 11 is 1.64. The molecule has 0 aromatic carbocycles. The number of fused-ring (bicyclic) bond motifs is 1. The number of thiazole rings is 1. The van der Waals surface area contributed by atoms with Crippen molar-refractivity contribution >= 4 is 22.2 Å². The molecule has 0 fully saturated rings. The second-order valence-corrected chi connectivity index (χ2v) is 7.02. The van der Waals surface area contributed by atoms with E-state index in [4.69, 9.17) is 0 Å². The number of pyridine rings is 1. The Morgan fingerprint density at radius 1 is 1.19 bits per heavy atom. The van der Waals surface area contributed by atoms with Crippen molar-refractivity contribution in [1.82, 2.24) is 29.7 Å². The highest BCUT2D eigenvalue weighted by Crippen LogP contribution is 2.21.